The first-order valence-electron chi connectivity index (χ1n) is 7.63. The summed E-state index contributed by atoms with van der Waals surface area (Å²) in [5, 5.41) is 28.4. The van der Waals surface area contributed by atoms with Crippen LogP contribution in [0.1, 0.15) is 36.8 Å². The van der Waals surface area contributed by atoms with Crippen molar-refractivity contribution in [3.8, 4) is 0 Å². The van der Waals surface area contributed by atoms with Gasteiger partial charge in [-0.1, -0.05) is 12.1 Å². The third-order valence-electron chi connectivity index (χ3n) is 3.66. The van der Waals surface area contributed by atoms with Crippen LogP contribution in [0.5, 0.6) is 0 Å². The first kappa shape index (κ1) is 17.8. The summed E-state index contributed by atoms with van der Waals surface area (Å²) >= 11 is 0. The number of nitrogens with zero attached hydrogens (tertiary/aromatic N) is 5. The van der Waals surface area contributed by atoms with Gasteiger partial charge in [0.25, 0.3) is 5.91 Å². The molecule has 0 spiro atoms. The molecule has 3 N–H and O–H groups in total. The van der Waals surface area contributed by atoms with Crippen LogP contribution in [0.2, 0.25) is 0 Å². The van der Waals surface area contributed by atoms with Gasteiger partial charge in [0.1, 0.15) is 17.6 Å². The van der Waals surface area contributed by atoms with Crippen molar-refractivity contribution in [3.63, 3.8) is 0 Å². The van der Waals surface area contributed by atoms with Crippen LogP contribution in [0.25, 0.3) is 0 Å². The normalized spacial score (nSPS) is 10.6. The minimum absolute atomic E-state index is 0.0214. The number of benzene rings is 1. The van der Waals surface area contributed by atoms with Crippen molar-refractivity contribution in [3.05, 3.63) is 59.2 Å². The number of nitrogens with one attached hydrogen (secondary N) is 1. The first-order chi connectivity index (χ1) is 12.8. The molecular formula is C16H14N6O5. The molecule has 138 valence electrons. The Labute approximate surface area is 151 Å². The number of aromatic carboxylic acids is 2. The fraction of sp³-hybridized carbons (Fsp3) is 0.125. The van der Waals surface area contributed by atoms with Crippen LogP contribution in [0.4, 0.5) is 5.95 Å². The van der Waals surface area contributed by atoms with Gasteiger partial charge in [0.2, 0.25) is 5.95 Å². The van der Waals surface area contributed by atoms with Crippen LogP contribution in [-0.2, 0) is 13.6 Å². The van der Waals surface area contributed by atoms with Crippen molar-refractivity contribution >= 4 is 23.8 Å². The molecule has 2 aromatic heterocycles. The average Bonchev–Trinajstić information content (AvgIpc) is 3.21. The Balaban J connectivity index is 1.74. The molecule has 0 unspecified atom stereocenters. The predicted molar refractivity (Wildman–Crippen MR) is 90.6 cm³/mol. The van der Waals surface area contributed by atoms with Gasteiger partial charge in [-0.2, -0.15) is 5.10 Å². The average molecular weight is 370 g/mol. The predicted octanol–water partition coefficient (Wildman–Crippen LogP) is 0.709. The van der Waals surface area contributed by atoms with Crippen LogP contribution in [0.15, 0.2) is 36.8 Å². The number of aryl methyl sites for hydroxylation is 1. The van der Waals surface area contributed by atoms with Gasteiger partial charge in [0.05, 0.1) is 18.3 Å². The molecule has 0 aliphatic heterocycles. The highest BCUT2D eigenvalue weighted by Crippen LogP contribution is 2.11. The van der Waals surface area contributed by atoms with Gasteiger partial charge < -0.3 is 10.2 Å². The van der Waals surface area contributed by atoms with E-state index in [0.717, 1.165) is 10.9 Å². The van der Waals surface area contributed by atoms with Gasteiger partial charge in [-0.05, 0) is 17.7 Å². The molecule has 27 heavy (non-hydrogen) atoms. The summed E-state index contributed by atoms with van der Waals surface area (Å²) in [7, 11) is 1.45. The van der Waals surface area contributed by atoms with Gasteiger partial charge in [-0.3, -0.25) is 14.8 Å². The van der Waals surface area contributed by atoms with E-state index in [0.29, 0.717) is 5.56 Å². The van der Waals surface area contributed by atoms with E-state index in [9.17, 15) is 14.4 Å². The number of carbonyl (C=O) groups is 3. The number of rotatable bonds is 6. The number of carboxylic acid groups (broad SMARTS) is 2. The van der Waals surface area contributed by atoms with Gasteiger partial charge in [0, 0.05) is 7.05 Å². The van der Waals surface area contributed by atoms with Crippen molar-refractivity contribution in [2.45, 2.75) is 6.54 Å². The highest BCUT2D eigenvalue weighted by Gasteiger charge is 2.22. The minimum Gasteiger partial charge on any atom is -0.478 e. The lowest BCUT2D eigenvalue weighted by atomic mass is 10.1. The fourth-order valence-electron chi connectivity index (χ4n) is 2.44. The number of hydrogen-bond donors (Lipinski definition) is 3. The Morgan fingerprint density at radius 3 is 2.67 bits per heavy atom. The second-order valence-electron chi connectivity index (χ2n) is 5.56. The molecule has 0 saturated heterocycles. The molecule has 0 aliphatic rings. The van der Waals surface area contributed by atoms with Crippen molar-refractivity contribution in [1.29, 1.82) is 0 Å². The Morgan fingerprint density at radius 2 is 1.96 bits per heavy atom. The summed E-state index contributed by atoms with van der Waals surface area (Å²) < 4.78 is 2.56. The number of amides is 1. The van der Waals surface area contributed by atoms with Crippen LogP contribution >= 0.6 is 0 Å². The Morgan fingerprint density at radius 1 is 1.19 bits per heavy atom. The van der Waals surface area contributed by atoms with E-state index in [1.165, 1.54) is 30.2 Å². The van der Waals surface area contributed by atoms with E-state index in [1.54, 1.807) is 12.1 Å². The SMILES string of the molecule is Cn1ncc(C(=O)O)c1C(=O)Nc1ncn(Cc2cccc(C(=O)O)c2)n1. The van der Waals surface area contributed by atoms with Crippen molar-refractivity contribution < 1.29 is 24.6 Å². The highest BCUT2D eigenvalue weighted by atomic mass is 16.4. The maximum absolute atomic E-state index is 12.3. The van der Waals surface area contributed by atoms with Crippen molar-refractivity contribution in [1.82, 2.24) is 24.5 Å². The maximum atomic E-state index is 12.3. The molecule has 0 fully saturated rings. The third kappa shape index (κ3) is 3.81. The van der Waals surface area contributed by atoms with Crippen LogP contribution in [0, 0.1) is 0 Å². The second kappa shape index (κ2) is 7.07. The monoisotopic (exact) mass is 370 g/mol. The molecule has 0 saturated carbocycles. The topological polar surface area (TPSA) is 152 Å². The van der Waals surface area contributed by atoms with E-state index in [4.69, 9.17) is 10.2 Å². The van der Waals surface area contributed by atoms with E-state index in [1.807, 2.05) is 0 Å². The van der Waals surface area contributed by atoms with Crippen molar-refractivity contribution in [2.24, 2.45) is 7.05 Å². The summed E-state index contributed by atoms with van der Waals surface area (Å²) in [6, 6.07) is 6.35. The zero-order valence-electron chi connectivity index (χ0n) is 14.0. The summed E-state index contributed by atoms with van der Waals surface area (Å²) in [6.07, 6.45) is 2.45. The Kier molecular flexibility index (Phi) is 4.66. The minimum atomic E-state index is -1.27. The lowest BCUT2D eigenvalue weighted by molar-refractivity contribution is 0.0684. The fourth-order valence-corrected chi connectivity index (χ4v) is 2.44. The Bertz CT molecular complexity index is 1040. The molecule has 11 heteroatoms. The summed E-state index contributed by atoms with van der Waals surface area (Å²) in [4.78, 5) is 38.4. The zero-order valence-corrected chi connectivity index (χ0v) is 14.0. The van der Waals surface area contributed by atoms with E-state index >= 15 is 0 Å². The summed E-state index contributed by atoms with van der Waals surface area (Å²) in [5.41, 5.74) is 0.476. The quantitative estimate of drug-likeness (QED) is 0.573. The Hall–Kier alpha value is -4.02. The number of anilines is 1. The molecule has 1 amide bonds. The number of carboxylic acids is 2. The summed E-state index contributed by atoms with van der Waals surface area (Å²) in [6.45, 7) is 0.246. The van der Waals surface area contributed by atoms with Gasteiger partial charge >= 0.3 is 11.9 Å². The largest absolute Gasteiger partial charge is 0.478 e. The van der Waals surface area contributed by atoms with Gasteiger partial charge in [0.15, 0.2) is 0 Å². The molecule has 3 aromatic rings. The molecule has 2 heterocycles. The molecule has 0 bridgehead atoms. The van der Waals surface area contributed by atoms with E-state index in [2.05, 4.69) is 20.5 Å². The number of aromatic nitrogens is 5. The zero-order chi connectivity index (χ0) is 19.6. The maximum Gasteiger partial charge on any atom is 0.339 e. The van der Waals surface area contributed by atoms with Gasteiger partial charge in [-0.15, -0.1) is 5.10 Å². The van der Waals surface area contributed by atoms with Gasteiger partial charge in [-0.25, -0.2) is 19.3 Å². The van der Waals surface area contributed by atoms with Crippen molar-refractivity contribution in [2.75, 3.05) is 5.32 Å². The summed E-state index contributed by atoms with van der Waals surface area (Å²) in [5.74, 6) is -3.04. The van der Waals surface area contributed by atoms with Crippen LogP contribution in [-0.4, -0.2) is 52.6 Å². The van der Waals surface area contributed by atoms with E-state index in [-0.39, 0.29) is 29.3 Å². The molecule has 1 aromatic carbocycles. The van der Waals surface area contributed by atoms with E-state index < -0.39 is 17.8 Å². The molecule has 11 nitrogen and oxygen atoms in total. The first-order valence-corrected chi connectivity index (χ1v) is 7.63. The highest BCUT2D eigenvalue weighted by molar-refractivity contribution is 6.08. The smallest absolute Gasteiger partial charge is 0.339 e. The third-order valence-corrected chi connectivity index (χ3v) is 3.66. The molecule has 0 radical (unpaired) electrons. The number of carbonyl (C=O) groups excluding carboxylic acids is 1. The standard InChI is InChI=1S/C16H14N6O5/c1-21-12(11(6-18-21)15(26)27)13(23)19-16-17-8-22(20-16)7-9-3-2-4-10(5-9)14(24)25/h2-6,8H,7H2,1H3,(H,24,25)(H,26,27)(H,19,20,23). The molecular weight excluding hydrogens is 356 g/mol. The molecule has 0 atom stereocenters. The molecule has 0 aliphatic carbocycles. The lowest BCUT2D eigenvalue weighted by Gasteiger charge is -2.04. The van der Waals surface area contributed by atoms with Crippen LogP contribution < -0.4 is 5.32 Å². The molecule has 3 rings (SSSR count). The lowest BCUT2D eigenvalue weighted by Crippen LogP contribution is -2.20. The number of hydrogen-bond acceptors (Lipinski definition) is 6. The second-order valence-corrected chi connectivity index (χ2v) is 5.56. The van der Waals surface area contributed by atoms with Crippen LogP contribution in [0.3, 0.4) is 0 Å².